The molecular formula is C17H15N7O2S3. The van der Waals surface area contributed by atoms with Crippen LogP contribution < -0.4 is 11.1 Å². The number of thiazole rings is 1. The van der Waals surface area contributed by atoms with Crippen molar-refractivity contribution in [2.24, 2.45) is 5.73 Å². The van der Waals surface area contributed by atoms with Crippen LogP contribution in [0.3, 0.4) is 0 Å². The first-order valence-electron chi connectivity index (χ1n) is 8.40. The zero-order chi connectivity index (χ0) is 20.5. The predicted octanol–water partition coefficient (Wildman–Crippen LogP) is 3.42. The molecule has 0 fully saturated rings. The second kappa shape index (κ2) is 7.73. The van der Waals surface area contributed by atoms with Gasteiger partial charge in [0, 0.05) is 17.1 Å². The average Bonchev–Trinajstić information content (AvgIpc) is 3.46. The Morgan fingerprint density at radius 1 is 1.38 bits per heavy atom. The molecule has 148 valence electrons. The lowest BCUT2D eigenvalue weighted by Crippen LogP contribution is -2.24. The van der Waals surface area contributed by atoms with Gasteiger partial charge in [-0.25, -0.2) is 4.98 Å². The Morgan fingerprint density at radius 2 is 2.21 bits per heavy atom. The summed E-state index contributed by atoms with van der Waals surface area (Å²) in [7, 11) is 0. The molecular weight excluding hydrogens is 430 g/mol. The van der Waals surface area contributed by atoms with Crippen LogP contribution in [-0.2, 0) is 4.79 Å². The lowest BCUT2D eigenvalue weighted by molar-refractivity contribution is -0.118. The monoisotopic (exact) mass is 445 g/mol. The van der Waals surface area contributed by atoms with Crippen molar-refractivity contribution in [3.8, 4) is 22.0 Å². The van der Waals surface area contributed by atoms with Gasteiger partial charge in [-0.15, -0.1) is 22.7 Å². The third-order valence-corrected chi connectivity index (χ3v) is 6.10. The van der Waals surface area contributed by atoms with Gasteiger partial charge in [0.15, 0.2) is 15.7 Å². The summed E-state index contributed by atoms with van der Waals surface area (Å²) < 4.78 is 2.04. The first kappa shape index (κ1) is 19.2. The largest absolute Gasteiger partial charge is 0.364 e. The lowest BCUT2D eigenvalue weighted by Gasteiger charge is -2.14. The van der Waals surface area contributed by atoms with Crippen LogP contribution in [0.4, 0.5) is 5.13 Å². The van der Waals surface area contributed by atoms with Crippen molar-refractivity contribution < 1.29 is 9.59 Å². The van der Waals surface area contributed by atoms with Crippen molar-refractivity contribution >= 4 is 51.8 Å². The molecule has 0 aliphatic heterocycles. The number of nitrogens with one attached hydrogen (secondary N) is 3. The molecule has 1 unspecified atom stereocenters. The number of aromatic nitrogens is 5. The van der Waals surface area contributed by atoms with Crippen LogP contribution in [0.1, 0.15) is 23.5 Å². The quantitative estimate of drug-likeness (QED) is 0.337. The maximum atomic E-state index is 12.8. The molecule has 0 spiro atoms. The molecule has 9 nitrogen and oxygen atoms in total. The first-order chi connectivity index (χ1) is 13.9. The minimum atomic E-state index is -0.598. The van der Waals surface area contributed by atoms with Crippen LogP contribution in [-0.4, -0.2) is 36.5 Å². The summed E-state index contributed by atoms with van der Waals surface area (Å²) in [5, 5.41) is 14.0. The zero-order valence-electron chi connectivity index (χ0n) is 15.0. The number of anilines is 1. The maximum Gasteiger partial charge on any atom is 0.265 e. The van der Waals surface area contributed by atoms with Crippen molar-refractivity contribution in [2.45, 2.75) is 13.0 Å². The molecule has 0 aliphatic carbocycles. The van der Waals surface area contributed by atoms with Crippen molar-refractivity contribution in [3.63, 3.8) is 0 Å². The van der Waals surface area contributed by atoms with Crippen LogP contribution >= 0.6 is 34.9 Å². The van der Waals surface area contributed by atoms with Crippen LogP contribution in [0.25, 0.3) is 22.0 Å². The van der Waals surface area contributed by atoms with Gasteiger partial charge in [-0.2, -0.15) is 5.10 Å². The minimum Gasteiger partial charge on any atom is -0.364 e. The second-order valence-electron chi connectivity index (χ2n) is 6.07. The molecule has 0 saturated heterocycles. The number of rotatable bonds is 6. The summed E-state index contributed by atoms with van der Waals surface area (Å²) >= 11 is 8.11. The summed E-state index contributed by atoms with van der Waals surface area (Å²) in [4.78, 5) is 32.1. The summed E-state index contributed by atoms with van der Waals surface area (Å²) in [6.07, 6.45) is 1.64. The molecule has 4 aromatic heterocycles. The topological polar surface area (TPSA) is 134 Å². The van der Waals surface area contributed by atoms with Gasteiger partial charge < -0.3 is 16.0 Å². The molecule has 4 rings (SSSR count). The van der Waals surface area contributed by atoms with Gasteiger partial charge >= 0.3 is 0 Å². The Kier molecular flexibility index (Phi) is 5.13. The number of nitrogens with two attached hydrogens (primary N) is 1. The van der Waals surface area contributed by atoms with E-state index in [0.717, 1.165) is 4.88 Å². The van der Waals surface area contributed by atoms with E-state index >= 15 is 0 Å². The number of thiophene rings is 1. The Hall–Kier alpha value is -3.09. The van der Waals surface area contributed by atoms with E-state index < -0.39 is 11.9 Å². The van der Waals surface area contributed by atoms with Gasteiger partial charge in [0.1, 0.15) is 11.7 Å². The van der Waals surface area contributed by atoms with Crippen LogP contribution in [0.2, 0.25) is 0 Å². The molecule has 4 aromatic rings. The van der Waals surface area contributed by atoms with Gasteiger partial charge in [0.25, 0.3) is 5.91 Å². The van der Waals surface area contributed by atoms with Gasteiger partial charge in [-0.05, 0) is 36.7 Å². The summed E-state index contributed by atoms with van der Waals surface area (Å²) in [5.41, 5.74) is 6.88. The summed E-state index contributed by atoms with van der Waals surface area (Å²) in [6, 6.07) is 4.85. The van der Waals surface area contributed by atoms with E-state index in [1.165, 1.54) is 22.7 Å². The normalized spacial score (nSPS) is 12.0. The highest BCUT2D eigenvalue weighted by Crippen LogP contribution is 2.28. The molecule has 0 saturated carbocycles. The highest BCUT2D eigenvalue weighted by molar-refractivity contribution is 7.71. The number of carbonyl (C=O) groups is 2. The SMILES string of the molecule is CC(C(=O)Nc1nc(-c2c[nH]c(C(N)=O)c2)cs1)n1c(-c2cccs2)n[nH]c1=S. The van der Waals surface area contributed by atoms with Crippen molar-refractivity contribution in [1.82, 2.24) is 24.7 Å². The average molecular weight is 446 g/mol. The van der Waals surface area contributed by atoms with Crippen LogP contribution in [0.5, 0.6) is 0 Å². The van der Waals surface area contributed by atoms with E-state index in [-0.39, 0.29) is 5.91 Å². The third-order valence-electron chi connectivity index (χ3n) is 4.19. The van der Waals surface area contributed by atoms with Gasteiger partial charge in [-0.3, -0.25) is 19.3 Å². The van der Waals surface area contributed by atoms with E-state index in [4.69, 9.17) is 18.0 Å². The highest BCUT2D eigenvalue weighted by Gasteiger charge is 2.22. The van der Waals surface area contributed by atoms with Gasteiger partial charge in [0.2, 0.25) is 5.91 Å². The van der Waals surface area contributed by atoms with Crippen LogP contribution in [0, 0.1) is 4.77 Å². The third kappa shape index (κ3) is 3.77. The van der Waals surface area contributed by atoms with Crippen molar-refractivity contribution in [2.75, 3.05) is 5.32 Å². The van der Waals surface area contributed by atoms with Crippen LogP contribution in [0.15, 0.2) is 35.2 Å². The number of hydrogen-bond donors (Lipinski definition) is 4. The fourth-order valence-corrected chi connectivity index (χ4v) is 4.44. The number of primary amides is 1. The summed E-state index contributed by atoms with van der Waals surface area (Å²) in [6.45, 7) is 1.75. The first-order valence-corrected chi connectivity index (χ1v) is 10.6. The Balaban J connectivity index is 1.53. The lowest BCUT2D eigenvalue weighted by atomic mass is 10.2. The van der Waals surface area contributed by atoms with E-state index in [0.29, 0.717) is 32.7 Å². The molecule has 29 heavy (non-hydrogen) atoms. The summed E-state index contributed by atoms with van der Waals surface area (Å²) in [5.74, 6) is -0.209. The molecule has 1 atom stereocenters. The number of nitrogens with zero attached hydrogens (tertiary/aromatic N) is 3. The van der Waals surface area contributed by atoms with Gasteiger partial charge in [-0.1, -0.05) is 6.07 Å². The number of aromatic amines is 2. The number of amides is 2. The molecule has 4 heterocycles. The van der Waals surface area contributed by atoms with E-state index in [9.17, 15) is 9.59 Å². The Morgan fingerprint density at radius 3 is 2.90 bits per heavy atom. The second-order valence-corrected chi connectivity index (χ2v) is 8.26. The molecule has 0 radical (unpaired) electrons. The van der Waals surface area contributed by atoms with Crippen molar-refractivity contribution in [3.05, 3.63) is 45.6 Å². The standard InChI is InChI=1S/C17H15N7O2S3/c1-8(24-14(22-23-17(24)27)12-3-2-4-28-12)15(26)21-16-20-11(7-29-16)9-5-10(13(18)25)19-6-9/h2-8,19H,1H3,(H2,18,25)(H,23,27)(H,20,21,26). The number of hydrogen-bond acceptors (Lipinski definition) is 7. The molecule has 0 bridgehead atoms. The minimum absolute atomic E-state index is 0.270. The molecule has 5 N–H and O–H groups in total. The molecule has 0 aliphatic rings. The predicted molar refractivity (Wildman–Crippen MR) is 114 cm³/mol. The highest BCUT2D eigenvalue weighted by atomic mass is 32.1. The number of H-pyrrole nitrogens is 2. The molecule has 0 aromatic carbocycles. The fraction of sp³-hybridized carbons (Fsp3) is 0.118. The fourth-order valence-electron chi connectivity index (χ4n) is 2.72. The Bertz CT molecular complexity index is 1230. The van der Waals surface area contributed by atoms with Crippen molar-refractivity contribution in [1.29, 1.82) is 0 Å². The van der Waals surface area contributed by atoms with Gasteiger partial charge in [0.05, 0.1) is 10.6 Å². The molecule has 2 amide bonds. The van der Waals surface area contributed by atoms with E-state index in [1.54, 1.807) is 29.1 Å². The Labute approximate surface area is 177 Å². The van der Waals surface area contributed by atoms with E-state index in [2.05, 4.69) is 25.5 Å². The smallest absolute Gasteiger partial charge is 0.265 e. The van der Waals surface area contributed by atoms with E-state index in [1.807, 2.05) is 17.5 Å². The maximum absolute atomic E-state index is 12.8. The number of carbonyl (C=O) groups excluding carboxylic acids is 2. The zero-order valence-corrected chi connectivity index (χ0v) is 17.5. The molecule has 12 heteroatoms.